The molecule has 2 aromatic rings. The molecule has 4 nitrogen and oxygen atoms in total. The molecule has 0 bridgehead atoms. The Kier molecular flexibility index (Phi) is 4.87. The lowest BCUT2D eigenvalue weighted by molar-refractivity contribution is 0.303. The molecule has 104 valence electrons. The molecule has 6 heteroatoms. The normalized spacial score (nSPS) is 10.9. The highest BCUT2D eigenvalue weighted by Gasteiger charge is 2.16. The van der Waals surface area contributed by atoms with Gasteiger partial charge in [-0.05, 0) is 28.8 Å². The molecule has 1 heterocycles. The van der Waals surface area contributed by atoms with Crippen molar-refractivity contribution in [3.63, 3.8) is 0 Å². The van der Waals surface area contributed by atoms with Crippen molar-refractivity contribution >= 4 is 42.6 Å². The second-order valence-electron chi connectivity index (χ2n) is 4.11. The number of thiazole rings is 1. The number of nitrogens with two attached hydrogens (primary N) is 1. The first-order valence-electron chi connectivity index (χ1n) is 6.31. The molecule has 0 fully saturated rings. The molecule has 2 rings (SSSR count). The van der Waals surface area contributed by atoms with Crippen molar-refractivity contribution in [2.24, 2.45) is 0 Å². The fourth-order valence-corrected chi connectivity index (χ4v) is 3.09. The van der Waals surface area contributed by atoms with Gasteiger partial charge in [0.2, 0.25) is 0 Å². The van der Waals surface area contributed by atoms with Gasteiger partial charge >= 0.3 is 0 Å². The average Bonchev–Trinajstić information content (AvgIpc) is 2.79. The van der Waals surface area contributed by atoms with E-state index in [0.717, 1.165) is 39.0 Å². The number of hydrogen-bond acceptors (Lipinski definition) is 5. The molecular weight excluding hydrogens is 328 g/mol. The van der Waals surface area contributed by atoms with E-state index in [1.807, 2.05) is 6.07 Å². The predicted octanol–water partition coefficient (Wildman–Crippen LogP) is 4.22. The van der Waals surface area contributed by atoms with E-state index in [1.165, 1.54) is 11.3 Å². The molecule has 0 aliphatic heterocycles. The highest BCUT2D eigenvalue weighted by Crippen LogP contribution is 2.42. The van der Waals surface area contributed by atoms with Crippen LogP contribution in [0, 0.1) is 0 Å². The molecule has 0 saturated heterocycles. The van der Waals surface area contributed by atoms with Crippen LogP contribution >= 0.6 is 27.3 Å². The fraction of sp³-hybridized carbons (Fsp3) is 0.462. The Hall–Kier alpha value is -1.01. The standard InChI is InChI=1S/C13H17BrN2O2S/c1-3-5-17-8-7-9(18-6-4-2)11-12(10(8)14)19-13(15)16-11/h7H,3-6H2,1-2H3,(H2,15,16). The van der Waals surface area contributed by atoms with Crippen LogP contribution in [0.3, 0.4) is 0 Å². The summed E-state index contributed by atoms with van der Waals surface area (Å²) in [5.74, 6) is 1.52. The number of anilines is 1. The zero-order chi connectivity index (χ0) is 13.8. The summed E-state index contributed by atoms with van der Waals surface area (Å²) in [7, 11) is 0. The minimum atomic E-state index is 0.532. The van der Waals surface area contributed by atoms with Crippen molar-refractivity contribution in [3.8, 4) is 11.5 Å². The van der Waals surface area contributed by atoms with Gasteiger partial charge in [-0.2, -0.15) is 0 Å². The lowest BCUT2D eigenvalue weighted by atomic mass is 10.3. The zero-order valence-corrected chi connectivity index (χ0v) is 13.4. The molecule has 0 unspecified atom stereocenters. The maximum atomic E-state index is 5.80. The second kappa shape index (κ2) is 6.43. The Morgan fingerprint density at radius 2 is 1.84 bits per heavy atom. The highest BCUT2D eigenvalue weighted by atomic mass is 79.9. The Balaban J connectivity index is 2.48. The molecule has 0 atom stereocenters. The maximum absolute atomic E-state index is 5.80. The van der Waals surface area contributed by atoms with Crippen LogP contribution in [0.15, 0.2) is 10.5 Å². The number of rotatable bonds is 6. The fourth-order valence-electron chi connectivity index (χ4n) is 1.65. The van der Waals surface area contributed by atoms with Crippen LogP contribution in [0.25, 0.3) is 10.2 Å². The van der Waals surface area contributed by atoms with Crippen molar-refractivity contribution in [3.05, 3.63) is 10.5 Å². The molecule has 0 aliphatic rings. The van der Waals surface area contributed by atoms with Crippen LogP contribution in [0.4, 0.5) is 5.13 Å². The molecule has 0 radical (unpaired) electrons. The number of nitrogens with zero attached hydrogens (tertiary/aromatic N) is 1. The van der Waals surface area contributed by atoms with Crippen molar-refractivity contribution in [2.45, 2.75) is 26.7 Å². The Labute approximate surface area is 125 Å². The number of aromatic nitrogens is 1. The van der Waals surface area contributed by atoms with E-state index in [-0.39, 0.29) is 0 Å². The molecule has 2 N–H and O–H groups in total. The molecule has 0 spiro atoms. The molecule has 19 heavy (non-hydrogen) atoms. The van der Waals surface area contributed by atoms with Crippen LogP contribution in [0.1, 0.15) is 26.7 Å². The number of fused-ring (bicyclic) bond motifs is 1. The summed E-state index contributed by atoms with van der Waals surface area (Å²) in [5, 5.41) is 0.532. The van der Waals surface area contributed by atoms with Crippen molar-refractivity contribution in [1.82, 2.24) is 4.98 Å². The smallest absolute Gasteiger partial charge is 0.181 e. The van der Waals surface area contributed by atoms with Gasteiger partial charge < -0.3 is 15.2 Å². The molecule has 0 saturated carbocycles. The number of halogens is 1. The van der Waals surface area contributed by atoms with Gasteiger partial charge in [0.15, 0.2) is 5.13 Å². The summed E-state index contributed by atoms with van der Waals surface area (Å²) in [4.78, 5) is 4.33. The van der Waals surface area contributed by atoms with E-state index in [1.54, 1.807) is 0 Å². The lowest BCUT2D eigenvalue weighted by Gasteiger charge is -2.11. The van der Waals surface area contributed by atoms with Crippen LogP contribution < -0.4 is 15.2 Å². The van der Waals surface area contributed by atoms with E-state index in [4.69, 9.17) is 15.2 Å². The van der Waals surface area contributed by atoms with Gasteiger partial charge in [0.25, 0.3) is 0 Å². The zero-order valence-electron chi connectivity index (χ0n) is 11.0. The van der Waals surface area contributed by atoms with Gasteiger partial charge in [-0.15, -0.1) is 0 Å². The number of nitrogen functional groups attached to an aromatic ring is 1. The van der Waals surface area contributed by atoms with E-state index in [0.29, 0.717) is 18.3 Å². The second-order valence-corrected chi connectivity index (χ2v) is 5.94. The van der Waals surface area contributed by atoms with Crippen molar-refractivity contribution in [1.29, 1.82) is 0 Å². The van der Waals surface area contributed by atoms with E-state index in [9.17, 15) is 0 Å². The van der Waals surface area contributed by atoms with Gasteiger partial charge in [0.1, 0.15) is 17.0 Å². The third-order valence-electron chi connectivity index (χ3n) is 2.48. The molecule has 1 aromatic carbocycles. The van der Waals surface area contributed by atoms with Gasteiger partial charge in [0.05, 0.1) is 22.4 Å². The number of hydrogen-bond donors (Lipinski definition) is 1. The monoisotopic (exact) mass is 344 g/mol. The van der Waals surface area contributed by atoms with Crippen LogP contribution in [-0.4, -0.2) is 18.2 Å². The minimum Gasteiger partial charge on any atom is -0.492 e. The van der Waals surface area contributed by atoms with E-state index in [2.05, 4.69) is 34.8 Å². The summed E-state index contributed by atoms with van der Waals surface area (Å²) in [5.41, 5.74) is 6.60. The van der Waals surface area contributed by atoms with Gasteiger partial charge in [-0.3, -0.25) is 0 Å². The number of benzene rings is 1. The van der Waals surface area contributed by atoms with Crippen molar-refractivity contribution < 1.29 is 9.47 Å². The van der Waals surface area contributed by atoms with Gasteiger partial charge in [0, 0.05) is 6.07 Å². The summed E-state index contributed by atoms with van der Waals surface area (Å²) in [6.45, 7) is 5.47. The third kappa shape index (κ3) is 3.12. The number of ether oxygens (including phenoxy) is 2. The summed E-state index contributed by atoms with van der Waals surface area (Å²) in [6.07, 6.45) is 1.91. The Morgan fingerprint density at radius 1 is 1.21 bits per heavy atom. The minimum absolute atomic E-state index is 0.532. The summed E-state index contributed by atoms with van der Waals surface area (Å²) >= 11 is 5.00. The largest absolute Gasteiger partial charge is 0.492 e. The van der Waals surface area contributed by atoms with Crippen molar-refractivity contribution in [2.75, 3.05) is 18.9 Å². The van der Waals surface area contributed by atoms with Crippen LogP contribution in [-0.2, 0) is 0 Å². The third-order valence-corrected chi connectivity index (χ3v) is 4.43. The average molecular weight is 345 g/mol. The SMILES string of the molecule is CCCOc1cc(OCCC)c2nc(N)sc2c1Br. The van der Waals surface area contributed by atoms with Crippen LogP contribution in [0.5, 0.6) is 11.5 Å². The summed E-state index contributed by atoms with van der Waals surface area (Å²) in [6, 6.07) is 1.89. The Morgan fingerprint density at radius 3 is 2.47 bits per heavy atom. The van der Waals surface area contributed by atoms with E-state index < -0.39 is 0 Å². The molecule has 0 amide bonds. The summed E-state index contributed by atoms with van der Waals surface area (Å²) < 4.78 is 13.3. The Bertz CT molecular complexity index is 571. The first kappa shape index (κ1) is 14.4. The first-order valence-corrected chi connectivity index (χ1v) is 7.92. The van der Waals surface area contributed by atoms with Gasteiger partial charge in [-0.25, -0.2) is 4.98 Å². The first-order chi connectivity index (χ1) is 9.17. The lowest BCUT2D eigenvalue weighted by Crippen LogP contribution is -1.99. The van der Waals surface area contributed by atoms with Crippen LogP contribution in [0.2, 0.25) is 0 Å². The predicted molar refractivity (Wildman–Crippen MR) is 83.3 cm³/mol. The molecular formula is C13H17BrN2O2S. The van der Waals surface area contributed by atoms with E-state index >= 15 is 0 Å². The van der Waals surface area contributed by atoms with Gasteiger partial charge in [-0.1, -0.05) is 25.2 Å². The quantitative estimate of drug-likeness (QED) is 0.852. The highest BCUT2D eigenvalue weighted by molar-refractivity contribution is 9.10. The maximum Gasteiger partial charge on any atom is 0.181 e. The molecule has 1 aromatic heterocycles. The topological polar surface area (TPSA) is 57.4 Å². The molecule has 0 aliphatic carbocycles.